The van der Waals surface area contributed by atoms with E-state index in [1.165, 1.54) is 25.1 Å². The fourth-order valence-electron chi connectivity index (χ4n) is 2.64. The molecule has 0 aromatic heterocycles. The van der Waals surface area contributed by atoms with Gasteiger partial charge in [0, 0.05) is 13.1 Å². The maximum Gasteiger partial charge on any atom is 0.244 e. The largest absolute Gasteiger partial charge is 0.495 e. The van der Waals surface area contributed by atoms with Crippen molar-refractivity contribution in [2.45, 2.75) is 24.3 Å². The van der Waals surface area contributed by atoms with Crippen LogP contribution in [0.25, 0.3) is 0 Å². The summed E-state index contributed by atoms with van der Waals surface area (Å²) in [6.45, 7) is 1.30. The Bertz CT molecular complexity index is 864. The third-order valence-corrected chi connectivity index (χ3v) is 7.34. The average molecular weight is 390 g/mol. The predicted molar refractivity (Wildman–Crippen MR) is 92.7 cm³/mol. The number of hydrogen-bond acceptors (Lipinski definition) is 6. The molecule has 1 N–H and O–H groups in total. The molecule has 0 spiro atoms. The summed E-state index contributed by atoms with van der Waals surface area (Å²) in [5.74, 6) is -0.354. The number of rotatable bonds is 6. The summed E-state index contributed by atoms with van der Waals surface area (Å²) in [6.07, 6.45) is 0.364. The van der Waals surface area contributed by atoms with E-state index in [-0.39, 0.29) is 22.2 Å². The average Bonchev–Trinajstić information content (AvgIpc) is 2.92. The van der Waals surface area contributed by atoms with Gasteiger partial charge < -0.3 is 9.64 Å². The van der Waals surface area contributed by atoms with Crippen LogP contribution in [0.3, 0.4) is 0 Å². The summed E-state index contributed by atoms with van der Waals surface area (Å²) in [7, 11) is -4.22. The van der Waals surface area contributed by atoms with Crippen LogP contribution in [-0.2, 0) is 24.7 Å². The third kappa shape index (κ3) is 4.71. The lowest BCUT2D eigenvalue weighted by molar-refractivity contribution is -0.130. The number of amides is 1. The number of carbonyl (C=O) groups is 1. The van der Waals surface area contributed by atoms with Gasteiger partial charge in [0.1, 0.15) is 10.6 Å². The van der Waals surface area contributed by atoms with Crippen molar-refractivity contribution >= 4 is 25.8 Å². The van der Waals surface area contributed by atoms with E-state index < -0.39 is 38.4 Å². The van der Waals surface area contributed by atoms with Crippen molar-refractivity contribution in [2.75, 3.05) is 32.2 Å². The van der Waals surface area contributed by atoms with Gasteiger partial charge in [0.25, 0.3) is 0 Å². The van der Waals surface area contributed by atoms with Gasteiger partial charge in [0.15, 0.2) is 9.84 Å². The number of hydrogen-bond donors (Lipinski definition) is 1. The second kappa shape index (κ2) is 7.30. The number of aryl methyl sites for hydroxylation is 1. The zero-order valence-corrected chi connectivity index (χ0v) is 16.0. The van der Waals surface area contributed by atoms with Gasteiger partial charge in [-0.05, 0) is 31.0 Å². The molecule has 0 aliphatic carbocycles. The number of sulfonamides is 1. The van der Waals surface area contributed by atoms with E-state index in [0.29, 0.717) is 6.42 Å². The predicted octanol–water partition coefficient (Wildman–Crippen LogP) is -0.0726. The molecule has 1 aliphatic rings. The summed E-state index contributed by atoms with van der Waals surface area (Å²) < 4.78 is 55.3. The SMILES string of the molecule is COc1ccc(C)cc1S(=O)(=O)NCC(=O)N(C)C1CCS(=O)(=O)C1. The molecule has 1 atom stereocenters. The first-order valence-electron chi connectivity index (χ1n) is 7.66. The Morgan fingerprint density at radius 2 is 2.08 bits per heavy atom. The van der Waals surface area contributed by atoms with Crippen LogP contribution in [-0.4, -0.2) is 65.9 Å². The topological polar surface area (TPSA) is 110 Å². The molecule has 1 unspecified atom stereocenters. The maximum absolute atomic E-state index is 12.5. The molecule has 1 aliphatic heterocycles. The normalized spacial score (nSPS) is 19.6. The number of likely N-dealkylation sites (N-methyl/N-ethyl adjacent to an activating group) is 1. The van der Waals surface area contributed by atoms with Gasteiger partial charge in [0.05, 0.1) is 25.2 Å². The highest BCUT2D eigenvalue weighted by Gasteiger charge is 2.33. The quantitative estimate of drug-likeness (QED) is 0.728. The molecule has 8 nitrogen and oxygen atoms in total. The van der Waals surface area contributed by atoms with Crippen molar-refractivity contribution in [3.63, 3.8) is 0 Å². The van der Waals surface area contributed by atoms with Crippen molar-refractivity contribution in [1.29, 1.82) is 0 Å². The Labute approximate surface area is 148 Å². The number of carbonyl (C=O) groups excluding carboxylic acids is 1. The van der Waals surface area contributed by atoms with Crippen LogP contribution in [0.5, 0.6) is 5.75 Å². The van der Waals surface area contributed by atoms with Gasteiger partial charge in [-0.15, -0.1) is 0 Å². The summed E-state index contributed by atoms with van der Waals surface area (Å²) in [4.78, 5) is 13.5. The Kier molecular flexibility index (Phi) is 5.75. The fourth-order valence-corrected chi connectivity index (χ4v) is 5.64. The van der Waals surface area contributed by atoms with Crippen LogP contribution in [0.4, 0.5) is 0 Å². The van der Waals surface area contributed by atoms with Crippen molar-refractivity contribution < 1.29 is 26.4 Å². The first-order chi connectivity index (χ1) is 11.6. The number of ether oxygens (including phenoxy) is 1. The van der Waals surface area contributed by atoms with E-state index >= 15 is 0 Å². The van der Waals surface area contributed by atoms with Crippen LogP contribution >= 0.6 is 0 Å². The highest BCUT2D eigenvalue weighted by atomic mass is 32.2. The summed E-state index contributed by atoms with van der Waals surface area (Å²) in [5.41, 5.74) is 0.737. The number of nitrogens with zero attached hydrogens (tertiary/aromatic N) is 1. The van der Waals surface area contributed by atoms with Crippen molar-refractivity contribution in [3.8, 4) is 5.75 Å². The minimum atomic E-state index is -3.94. The zero-order chi connectivity index (χ0) is 18.8. The summed E-state index contributed by atoms with van der Waals surface area (Å²) in [6, 6.07) is 4.30. The first kappa shape index (κ1) is 19.7. The molecule has 25 heavy (non-hydrogen) atoms. The van der Waals surface area contributed by atoms with Crippen LogP contribution in [0.2, 0.25) is 0 Å². The molecule has 1 heterocycles. The molecule has 0 saturated carbocycles. The maximum atomic E-state index is 12.5. The third-order valence-electron chi connectivity index (χ3n) is 4.17. The monoisotopic (exact) mass is 390 g/mol. The van der Waals surface area contributed by atoms with E-state index in [2.05, 4.69) is 4.72 Å². The minimum Gasteiger partial charge on any atom is -0.495 e. The standard InChI is InChI=1S/C15H22N2O6S2/c1-11-4-5-13(23-3)14(8-11)25(21,22)16-9-15(18)17(2)12-6-7-24(19,20)10-12/h4-5,8,12,16H,6-7,9-10H2,1-3H3. The van der Waals surface area contributed by atoms with Crippen molar-refractivity contribution in [3.05, 3.63) is 23.8 Å². The van der Waals surface area contributed by atoms with E-state index in [1.54, 1.807) is 19.1 Å². The highest BCUT2D eigenvalue weighted by Crippen LogP contribution is 2.24. The molecule has 1 amide bonds. The van der Waals surface area contributed by atoms with E-state index in [1.807, 2.05) is 0 Å². The lowest BCUT2D eigenvalue weighted by Gasteiger charge is -2.23. The molecule has 2 rings (SSSR count). The second-order valence-electron chi connectivity index (χ2n) is 6.04. The van der Waals surface area contributed by atoms with Gasteiger partial charge in [-0.3, -0.25) is 4.79 Å². The first-order valence-corrected chi connectivity index (χ1v) is 11.0. The molecule has 1 saturated heterocycles. The highest BCUT2D eigenvalue weighted by molar-refractivity contribution is 7.91. The molecular weight excluding hydrogens is 368 g/mol. The van der Waals surface area contributed by atoms with E-state index in [0.717, 1.165) is 5.56 Å². The minimum absolute atomic E-state index is 0.0432. The van der Waals surface area contributed by atoms with Crippen LogP contribution < -0.4 is 9.46 Å². The Morgan fingerprint density at radius 3 is 2.64 bits per heavy atom. The smallest absolute Gasteiger partial charge is 0.244 e. The molecule has 1 aromatic rings. The molecule has 1 fully saturated rings. The van der Waals surface area contributed by atoms with Crippen LogP contribution in [0.15, 0.2) is 23.1 Å². The molecule has 0 radical (unpaired) electrons. The van der Waals surface area contributed by atoms with Gasteiger partial charge in [-0.25, -0.2) is 21.6 Å². The molecule has 1 aromatic carbocycles. The number of nitrogens with one attached hydrogen (secondary N) is 1. The van der Waals surface area contributed by atoms with Crippen LogP contribution in [0.1, 0.15) is 12.0 Å². The second-order valence-corrected chi connectivity index (χ2v) is 10.0. The van der Waals surface area contributed by atoms with Crippen molar-refractivity contribution in [1.82, 2.24) is 9.62 Å². The number of sulfone groups is 1. The van der Waals surface area contributed by atoms with E-state index in [4.69, 9.17) is 4.74 Å². The Hall–Kier alpha value is -1.65. The lowest BCUT2D eigenvalue weighted by atomic mass is 10.2. The van der Waals surface area contributed by atoms with Gasteiger partial charge in [-0.2, -0.15) is 0 Å². The van der Waals surface area contributed by atoms with Gasteiger partial charge in [-0.1, -0.05) is 6.07 Å². The zero-order valence-electron chi connectivity index (χ0n) is 14.4. The Balaban J connectivity index is 2.07. The van der Waals surface area contributed by atoms with Crippen LogP contribution in [0, 0.1) is 6.92 Å². The number of methoxy groups -OCH3 is 1. The molecule has 140 valence electrons. The summed E-state index contributed by atoms with van der Waals surface area (Å²) in [5, 5.41) is 0. The molecular formula is C15H22N2O6S2. The van der Waals surface area contributed by atoms with Crippen molar-refractivity contribution in [2.24, 2.45) is 0 Å². The fraction of sp³-hybridized carbons (Fsp3) is 0.533. The Morgan fingerprint density at radius 1 is 1.40 bits per heavy atom. The molecule has 10 heteroatoms. The van der Waals surface area contributed by atoms with E-state index in [9.17, 15) is 21.6 Å². The van der Waals surface area contributed by atoms with Gasteiger partial charge in [0.2, 0.25) is 15.9 Å². The lowest BCUT2D eigenvalue weighted by Crippen LogP contribution is -2.43. The molecule has 0 bridgehead atoms. The van der Waals surface area contributed by atoms with Gasteiger partial charge >= 0.3 is 0 Å². The summed E-state index contributed by atoms with van der Waals surface area (Å²) >= 11 is 0. The number of benzene rings is 1.